The largest absolute Gasteiger partial charge is 0.252 e. The van der Waals surface area contributed by atoms with Crippen LogP contribution < -0.4 is 0 Å². The first-order valence-electron chi connectivity index (χ1n) is 14.9. The van der Waals surface area contributed by atoms with Crippen molar-refractivity contribution in [1.29, 1.82) is 0 Å². The van der Waals surface area contributed by atoms with Gasteiger partial charge in [0.2, 0.25) is 0 Å². The molecule has 0 heterocycles. The highest BCUT2D eigenvalue weighted by Gasteiger charge is 2.36. The van der Waals surface area contributed by atoms with Crippen molar-refractivity contribution < 1.29 is 30.4 Å². The fourth-order valence-corrected chi connectivity index (χ4v) is 6.60. The van der Waals surface area contributed by atoms with Crippen molar-refractivity contribution >= 4 is 0 Å². The summed E-state index contributed by atoms with van der Waals surface area (Å²) in [6.07, 6.45) is 18.4. The molecule has 0 aromatic rings. The monoisotopic (exact) mass is 516 g/mol. The van der Waals surface area contributed by atoms with Gasteiger partial charge in [0.1, 0.15) is 5.60 Å². The van der Waals surface area contributed by atoms with Gasteiger partial charge < -0.3 is 0 Å². The van der Waals surface area contributed by atoms with E-state index in [9.17, 15) is 15.8 Å². The summed E-state index contributed by atoms with van der Waals surface area (Å²) < 4.78 is 0. The second kappa shape index (κ2) is 17.4. The third-order valence-electron chi connectivity index (χ3n) is 8.56. The highest BCUT2D eigenvalue weighted by atomic mass is 17.1. The second-order valence-corrected chi connectivity index (χ2v) is 13.8. The lowest BCUT2D eigenvalue weighted by Crippen LogP contribution is -2.36. The fourth-order valence-electron chi connectivity index (χ4n) is 6.60. The summed E-state index contributed by atoms with van der Waals surface area (Å²) in [7, 11) is 0. The van der Waals surface area contributed by atoms with E-state index < -0.39 is 0 Å². The minimum Gasteiger partial charge on any atom is -0.252 e. The van der Waals surface area contributed by atoms with Gasteiger partial charge in [-0.25, -0.2) is 14.7 Å². The van der Waals surface area contributed by atoms with Gasteiger partial charge in [0, 0.05) is 0 Å². The number of unbranched alkanes of at least 4 members (excludes halogenated alkanes) is 6. The number of rotatable bonds is 19. The van der Waals surface area contributed by atoms with Crippen LogP contribution in [0.25, 0.3) is 0 Å². The molecular weight excluding hydrogens is 456 g/mol. The molecule has 2 atom stereocenters. The van der Waals surface area contributed by atoms with E-state index in [1.807, 2.05) is 0 Å². The Morgan fingerprint density at radius 1 is 0.611 bits per heavy atom. The minimum atomic E-state index is -0.373. The molecule has 6 nitrogen and oxygen atoms in total. The Bertz CT molecular complexity index is 519. The summed E-state index contributed by atoms with van der Waals surface area (Å²) in [5, 5.41) is 28.1. The average molecular weight is 517 g/mol. The normalized spacial score (nSPS) is 18.5. The van der Waals surface area contributed by atoms with Gasteiger partial charge in [0.15, 0.2) is 0 Å². The van der Waals surface area contributed by atoms with Crippen molar-refractivity contribution in [2.75, 3.05) is 0 Å². The summed E-state index contributed by atoms with van der Waals surface area (Å²) in [5.74, 6) is 0.477. The lowest BCUT2D eigenvalue weighted by molar-refractivity contribution is -0.333. The first kappa shape index (κ1) is 33.8. The maximum atomic E-state index is 9.47. The molecular formula is C30H60O6. The van der Waals surface area contributed by atoms with Crippen molar-refractivity contribution in [2.24, 2.45) is 16.7 Å². The Morgan fingerprint density at radius 3 is 1.50 bits per heavy atom. The molecule has 0 aromatic heterocycles. The van der Waals surface area contributed by atoms with Gasteiger partial charge >= 0.3 is 0 Å². The third-order valence-corrected chi connectivity index (χ3v) is 8.56. The van der Waals surface area contributed by atoms with Crippen LogP contribution in [-0.4, -0.2) is 33.6 Å². The molecule has 0 spiro atoms. The molecule has 1 aliphatic carbocycles. The zero-order valence-electron chi connectivity index (χ0n) is 24.5. The second-order valence-electron chi connectivity index (χ2n) is 13.8. The Morgan fingerprint density at radius 2 is 1.06 bits per heavy atom. The maximum Gasteiger partial charge on any atom is 0.103 e. The quantitative estimate of drug-likeness (QED) is 0.0899. The van der Waals surface area contributed by atoms with E-state index in [0.29, 0.717) is 5.92 Å². The Balaban J connectivity index is 2.13. The van der Waals surface area contributed by atoms with E-state index in [4.69, 9.17) is 14.7 Å². The molecule has 36 heavy (non-hydrogen) atoms. The van der Waals surface area contributed by atoms with Gasteiger partial charge in [-0.3, -0.25) is 15.8 Å². The van der Waals surface area contributed by atoms with Crippen LogP contribution in [0.4, 0.5) is 0 Å². The van der Waals surface area contributed by atoms with Crippen LogP contribution in [0, 0.1) is 16.7 Å². The summed E-state index contributed by atoms with van der Waals surface area (Å²) in [6.45, 7) is 13.7. The van der Waals surface area contributed by atoms with Crippen LogP contribution in [0.15, 0.2) is 0 Å². The van der Waals surface area contributed by atoms with Gasteiger partial charge in [-0.2, -0.15) is 0 Å². The lowest BCUT2D eigenvalue weighted by Gasteiger charge is -2.42. The molecule has 0 amide bonds. The van der Waals surface area contributed by atoms with Gasteiger partial charge in [0.25, 0.3) is 0 Å². The Hall–Kier alpha value is -0.240. The van der Waals surface area contributed by atoms with E-state index >= 15 is 0 Å². The molecule has 1 fully saturated rings. The predicted octanol–water partition coefficient (Wildman–Crippen LogP) is 9.68. The van der Waals surface area contributed by atoms with E-state index in [1.165, 1.54) is 32.1 Å². The van der Waals surface area contributed by atoms with Gasteiger partial charge in [-0.1, -0.05) is 106 Å². The SMILES string of the molecule is CC(C)(C)C(CC(CCCCCCCCCC(CCCC1(OO)CCCCC1)OO)OO)C(C)(C)C. The van der Waals surface area contributed by atoms with Crippen molar-refractivity contribution in [2.45, 2.75) is 175 Å². The zero-order chi connectivity index (χ0) is 27.1. The van der Waals surface area contributed by atoms with Crippen LogP contribution >= 0.6 is 0 Å². The number of hydrogen-bond donors (Lipinski definition) is 3. The van der Waals surface area contributed by atoms with E-state index in [2.05, 4.69) is 41.5 Å². The number of hydrogen-bond acceptors (Lipinski definition) is 6. The van der Waals surface area contributed by atoms with Crippen LogP contribution in [0.1, 0.15) is 157 Å². The fraction of sp³-hybridized carbons (Fsp3) is 1.00. The smallest absolute Gasteiger partial charge is 0.103 e. The average Bonchev–Trinajstić information content (AvgIpc) is 2.82. The summed E-state index contributed by atoms with van der Waals surface area (Å²) >= 11 is 0. The van der Waals surface area contributed by atoms with Crippen molar-refractivity contribution in [3.05, 3.63) is 0 Å². The van der Waals surface area contributed by atoms with E-state index in [1.54, 1.807) is 0 Å². The molecule has 1 saturated carbocycles. The molecule has 1 rings (SSSR count). The molecule has 0 aromatic carbocycles. The van der Waals surface area contributed by atoms with Crippen LogP contribution in [0.5, 0.6) is 0 Å². The molecule has 0 aliphatic heterocycles. The molecule has 0 bridgehead atoms. The van der Waals surface area contributed by atoms with Gasteiger partial charge in [-0.15, -0.1) is 0 Å². The van der Waals surface area contributed by atoms with Crippen LogP contribution in [-0.2, 0) is 14.7 Å². The lowest BCUT2D eigenvalue weighted by atomic mass is 9.64. The summed E-state index contributed by atoms with van der Waals surface area (Å²) in [5.41, 5.74) is -0.0105. The molecule has 0 saturated heterocycles. The molecule has 216 valence electrons. The first-order valence-corrected chi connectivity index (χ1v) is 14.9. The van der Waals surface area contributed by atoms with Gasteiger partial charge in [0.05, 0.1) is 12.2 Å². The topological polar surface area (TPSA) is 88.4 Å². The van der Waals surface area contributed by atoms with Crippen LogP contribution in [0.2, 0.25) is 0 Å². The highest BCUT2D eigenvalue weighted by molar-refractivity contribution is 4.86. The molecule has 6 heteroatoms. The Kier molecular flexibility index (Phi) is 16.3. The van der Waals surface area contributed by atoms with E-state index in [0.717, 1.165) is 83.5 Å². The molecule has 2 unspecified atom stereocenters. The summed E-state index contributed by atoms with van der Waals surface area (Å²) in [6, 6.07) is 0. The first-order chi connectivity index (χ1) is 17.0. The van der Waals surface area contributed by atoms with Gasteiger partial charge in [-0.05, 0) is 68.1 Å². The minimum absolute atomic E-state index is 0.0826. The van der Waals surface area contributed by atoms with Crippen molar-refractivity contribution in [3.8, 4) is 0 Å². The highest BCUT2D eigenvalue weighted by Crippen LogP contribution is 2.43. The molecule has 3 N–H and O–H groups in total. The predicted molar refractivity (Wildman–Crippen MR) is 147 cm³/mol. The van der Waals surface area contributed by atoms with E-state index in [-0.39, 0.29) is 28.6 Å². The summed E-state index contributed by atoms with van der Waals surface area (Å²) in [4.78, 5) is 14.5. The molecule has 1 aliphatic rings. The molecule has 0 radical (unpaired) electrons. The van der Waals surface area contributed by atoms with Crippen molar-refractivity contribution in [1.82, 2.24) is 0 Å². The zero-order valence-corrected chi connectivity index (χ0v) is 24.5. The third kappa shape index (κ3) is 13.5. The Labute approximate surface area is 222 Å². The van der Waals surface area contributed by atoms with Crippen molar-refractivity contribution in [3.63, 3.8) is 0 Å². The maximum absolute atomic E-state index is 9.47. The van der Waals surface area contributed by atoms with Crippen LogP contribution in [0.3, 0.4) is 0 Å². The standard InChI is InChI=1S/C30H60O6/c1-28(2,3)27(29(4,5)6)24-26(35-32)19-14-11-9-7-8-10-13-18-25(34-31)20-17-23-30(36-33)21-15-12-16-22-30/h25-27,31-33H,7-24H2,1-6H3.